The van der Waals surface area contributed by atoms with Crippen LogP contribution in [-0.4, -0.2) is 21.7 Å². The van der Waals surface area contributed by atoms with E-state index in [1.807, 2.05) is 13.8 Å². The maximum atomic E-state index is 13.2. The normalized spacial score (nSPS) is 12.2. The number of amides is 1. The van der Waals surface area contributed by atoms with E-state index in [2.05, 4.69) is 5.10 Å². The monoisotopic (exact) mass is 319 g/mol. The second-order valence-corrected chi connectivity index (χ2v) is 5.47. The number of carbonyl (C=O) groups is 2. The van der Waals surface area contributed by atoms with Gasteiger partial charge in [0.05, 0.1) is 17.5 Å². The van der Waals surface area contributed by atoms with Gasteiger partial charge in [0, 0.05) is 18.4 Å². The average Bonchev–Trinajstić information content (AvgIpc) is 2.89. The number of primary amides is 1. The highest BCUT2D eigenvalue weighted by molar-refractivity contribution is 5.98. The molecule has 7 heteroatoms. The van der Waals surface area contributed by atoms with Gasteiger partial charge in [-0.2, -0.15) is 5.10 Å². The predicted octanol–water partition coefficient (Wildman–Crippen LogP) is 2.51. The molecular formula is C16H18FN3O3. The minimum Gasteiger partial charge on any atom is -0.440 e. The molecule has 0 aliphatic rings. The first-order chi connectivity index (χ1) is 10.8. The van der Waals surface area contributed by atoms with Gasteiger partial charge in [-0.05, 0) is 24.3 Å². The number of rotatable bonds is 5. The molecule has 1 aromatic heterocycles. The van der Waals surface area contributed by atoms with Crippen LogP contribution in [0.3, 0.4) is 0 Å². The molecule has 0 radical (unpaired) electrons. The first-order valence-electron chi connectivity index (χ1n) is 7.11. The van der Waals surface area contributed by atoms with E-state index in [0.29, 0.717) is 11.3 Å². The largest absolute Gasteiger partial charge is 0.440 e. The highest BCUT2D eigenvalue weighted by atomic mass is 19.1. The number of nitrogens with two attached hydrogens (primary N) is 1. The van der Waals surface area contributed by atoms with Crippen LogP contribution in [0.1, 0.15) is 37.4 Å². The summed E-state index contributed by atoms with van der Waals surface area (Å²) in [6.45, 7) is 5.01. The van der Waals surface area contributed by atoms with E-state index in [9.17, 15) is 14.0 Å². The number of hydrogen-bond donors (Lipinski definition) is 1. The second kappa shape index (κ2) is 6.60. The fraction of sp³-hybridized carbons (Fsp3) is 0.312. The zero-order valence-electron chi connectivity index (χ0n) is 13.1. The molecule has 6 nitrogen and oxygen atoms in total. The van der Waals surface area contributed by atoms with Crippen molar-refractivity contribution in [1.82, 2.24) is 9.78 Å². The summed E-state index contributed by atoms with van der Waals surface area (Å²) in [6.07, 6.45) is 0.612. The smallest absolute Gasteiger partial charge is 0.304 e. The van der Waals surface area contributed by atoms with E-state index < -0.39 is 23.9 Å². The minimum atomic E-state index is -0.708. The van der Waals surface area contributed by atoms with Gasteiger partial charge in [-0.25, -0.2) is 9.07 Å². The van der Waals surface area contributed by atoms with Crippen LogP contribution in [0.25, 0.3) is 11.3 Å². The van der Waals surface area contributed by atoms with Crippen molar-refractivity contribution >= 4 is 11.9 Å². The number of carbonyl (C=O) groups excluding carboxylic acids is 2. The summed E-state index contributed by atoms with van der Waals surface area (Å²) < 4.78 is 19.9. The van der Waals surface area contributed by atoms with Gasteiger partial charge in [0.2, 0.25) is 0 Å². The third-order valence-corrected chi connectivity index (χ3v) is 3.28. The predicted molar refractivity (Wildman–Crippen MR) is 81.8 cm³/mol. The Balaban J connectivity index is 2.62. The molecule has 0 saturated carbocycles. The van der Waals surface area contributed by atoms with Crippen molar-refractivity contribution in [3.05, 3.63) is 41.8 Å². The number of nitrogens with zero attached hydrogens (tertiary/aromatic N) is 2. The molecule has 0 bridgehead atoms. The van der Waals surface area contributed by atoms with Gasteiger partial charge in [0.25, 0.3) is 5.91 Å². The lowest BCUT2D eigenvalue weighted by molar-refractivity contribution is -0.155. The van der Waals surface area contributed by atoms with Crippen LogP contribution in [0.15, 0.2) is 30.5 Å². The molecule has 0 spiro atoms. The van der Waals surface area contributed by atoms with E-state index in [1.54, 1.807) is 0 Å². The van der Waals surface area contributed by atoms with Crippen LogP contribution >= 0.6 is 0 Å². The topological polar surface area (TPSA) is 87.2 Å². The van der Waals surface area contributed by atoms with Crippen molar-refractivity contribution < 1.29 is 18.7 Å². The molecule has 2 N–H and O–H groups in total. The summed E-state index contributed by atoms with van der Waals surface area (Å²) in [5, 5.41) is 4.16. The van der Waals surface area contributed by atoms with E-state index >= 15 is 0 Å². The lowest BCUT2D eigenvalue weighted by Gasteiger charge is -2.23. The molecule has 122 valence electrons. The van der Waals surface area contributed by atoms with Crippen LogP contribution in [0.2, 0.25) is 0 Å². The maximum Gasteiger partial charge on any atom is 0.304 e. The Morgan fingerprint density at radius 1 is 1.26 bits per heavy atom. The van der Waals surface area contributed by atoms with Gasteiger partial charge in [-0.15, -0.1) is 0 Å². The fourth-order valence-corrected chi connectivity index (χ4v) is 2.27. The molecule has 0 saturated heterocycles. The first-order valence-corrected chi connectivity index (χ1v) is 7.11. The number of hydrogen-bond acceptors (Lipinski definition) is 4. The Labute approximate surface area is 133 Å². The summed E-state index contributed by atoms with van der Waals surface area (Å²) in [5.74, 6) is -1.63. The van der Waals surface area contributed by atoms with Crippen molar-refractivity contribution in [2.45, 2.75) is 27.0 Å². The van der Waals surface area contributed by atoms with Crippen molar-refractivity contribution in [3.63, 3.8) is 0 Å². The molecule has 1 unspecified atom stereocenters. The van der Waals surface area contributed by atoms with Gasteiger partial charge >= 0.3 is 5.97 Å². The molecular weight excluding hydrogens is 301 g/mol. The van der Waals surface area contributed by atoms with Gasteiger partial charge in [0.1, 0.15) is 5.82 Å². The molecule has 23 heavy (non-hydrogen) atoms. The number of aromatic nitrogens is 2. The molecule has 1 amide bonds. The maximum absolute atomic E-state index is 13.2. The Hall–Kier alpha value is -2.70. The highest BCUT2D eigenvalue weighted by Gasteiger charge is 2.26. The number of benzene rings is 1. The molecule has 1 atom stereocenters. The first kappa shape index (κ1) is 16.7. The molecule has 0 aliphatic heterocycles. The van der Waals surface area contributed by atoms with Gasteiger partial charge in [-0.1, -0.05) is 13.8 Å². The summed E-state index contributed by atoms with van der Waals surface area (Å²) in [4.78, 5) is 23.0. The molecule has 1 heterocycles. The van der Waals surface area contributed by atoms with Crippen LogP contribution in [0.5, 0.6) is 0 Å². The number of ether oxygens (including phenoxy) is 1. The van der Waals surface area contributed by atoms with Crippen LogP contribution in [-0.2, 0) is 9.53 Å². The Morgan fingerprint density at radius 3 is 2.35 bits per heavy atom. The number of esters is 1. The Morgan fingerprint density at radius 2 is 1.87 bits per heavy atom. The van der Waals surface area contributed by atoms with Crippen molar-refractivity contribution in [3.8, 4) is 11.3 Å². The van der Waals surface area contributed by atoms with Crippen LogP contribution in [0, 0.1) is 11.7 Å². The Bertz CT molecular complexity index is 723. The van der Waals surface area contributed by atoms with Crippen LogP contribution < -0.4 is 5.73 Å². The zero-order valence-corrected chi connectivity index (χ0v) is 13.1. The van der Waals surface area contributed by atoms with E-state index in [-0.39, 0.29) is 11.5 Å². The average molecular weight is 319 g/mol. The van der Waals surface area contributed by atoms with Crippen LogP contribution in [0.4, 0.5) is 4.39 Å². The van der Waals surface area contributed by atoms with E-state index in [0.717, 1.165) is 0 Å². The molecule has 2 rings (SSSR count). The zero-order chi connectivity index (χ0) is 17.1. The highest BCUT2D eigenvalue weighted by Crippen LogP contribution is 2.30. The quantitative estimate of drug-likeness (QED) is 0.858. The fourth-order valence-electron chi connectivity index (χ4n) is 2.27. The summed E-state index contributed by atoms with van der Waals surface area (Å²) in [5.41, 5.74) is 6.51. The summed E-state index contributed by atoms with van der Waals surface area (Å²) in [7, 11) is 0. The molecule has 1 aromatic carbocycles. The molecule has 2 aromatic rings. The minimum absolute atomic E-state index is 0.0984. The van der Waals surface area contributed by atoms with Crippen molar-refractivity contribution in [1.29, 1.82) is 0 Å². The lowest BCUT2D eigenvalue weighted by atomic mass is 10.1. The Kier molecular flexibility index (Phi) is 4.78. The molecule has 0 fully saturated rings. The van der Waals surface area contributed by atoms with Gasteiger partial charge in [-0.3, -0.25) is 9.59 Å². The summed E-state index contributed by atoms with van der Waals surface area (Å²) >= 11 is 0. The second-order valence-electron chi connectivity index (χ2n) is 5.47. The van der Waals surface area contributed by atoms with Crippen molar-refractivity contribution in [2.75, 3.05) is 0 Å². The summed E-state index contributed by atoms with van der Waals surface area (Å²) in [6, 6.07) is 5.57. The van der Waals surface area contributed by atoms with Gasteiger partial charge in [0.15, 0.2) is 6.23 Å². The van der Waals surface area contributed by atoms with E-state index in [1.165, 1.54) is 42.1 Å². The third-order valence-electron chi connectivity index (χ3n) is 3.28. The van der Waals surface area contributed by atoms with Crippen molar-refractivity contribution in [2.24, 2.45) is 11.7 Å². The third kappa shape index (κ3) is 3.56. The SMILES string of the molecule is CC(=O)OC(C(C)C)n1ncc(C(N)=O)c1-c1ccc(F)cc1. The molecule has 0 aliphatic carbocycles. The lowest BCUT2D eigenvalue weighted by Crippen LogP contribution is -2.23. The number of halogens is 1. The van der Waals surface area contributed by atoms with Gasteiger partial charge < -0.3 is 10.5 Å². The van der Waals surface area contributed by atoms with E-state index in [4.69, 9.17) is 10.5 Å². The standard InChI is InChI=1S/C16H18FN3O3/c1-9(2)16(23-10(3)21)20-14(13(8-19-20)15(18)22)11-4-6-12(17)7-5-11/h4-9,16H,1-3H3,(H2,18,22).